The molecule has 0 unspecified atom stereocenters. The van der Waals surface area contributed by atoms with Crippen molar-refractivity contribution in [1.29, 1.82) is 5.26 Å². The molecule has 17 heavy (non-hydrogen) atoms. The Hall–Kier alpha value is -2.74. The molecular weight excluding hydrogens is 218 g/mol. The number of ether oxygens (including phenoxy) is 1. The summed E-state index contributed by atoms with van der Waals surface area (Å²) in [5.41, 5.74) is 0.592. The van der Waals surface area contributed by atoms with Crippen molar-refractivity contribution < 1.29 is 4.74 Å². The monoisotopic (exact) mass is 225 g/mol. The van der Waals surface area contributed by atoms with Gasteiger partial charge in [0.2, 0.25) is 5.88 Å². The first-order valence-electron chi connectivity index (χ1n) is 4.80. The highest BCUT2D eigenvalue weighted by atomic mass is 16.5. The highest BCUT2D eigenvalue weighted by Crippen LogP contribution is 2.28. The molecule has 0 N–H and O–H groups in total. The van der Waals surface area contributed by atoms with Crippen molar-refractivity contribution in [2.45, 2.75) is 0 Å². The molecule has 2 aromatic rings. The van der Waals surface area contributed by atoms with E-state index in [2.05, 4.69) is 10.2 Å². The summed E-state index contributed by atoms with van der Waals surface area (Å²) in [6.07, 6.45) is 1.50. The van der Waals surface area contributed by atoms with Gasteiger partial charge in [-0.15, -0.1) is 4.91 Å². The molecule has 0 amide bonds. The van der Waals surface area contributed by atoms with Gasteiger partial charge in [0, 0.05) is 6.20 Å². The topological polar surface area (TPSA) is 75.3 Å². The second-order valence-corrected chi connectivity index (χ2v) is 3.16. The van der Waals surface area contributed by atoms with E-state index in [1.165, 1.54) is 12.3 Å². The zero-order valence-corrected chi connectivity index (χ0v) is 8.70. The molecule has 5 heteroatoms. The van der Waals surface area contributed by atoms with Crippen LogP contribution >= 0.6 is 0 Å². The van der Waals surface area contributed by atoms with Crippen molar-refractivity contribution in [1.82, 2.24) is 4.98 Å². The fraction of sp³-hybridized carbons (Fsp3) is 0. The van der Waals surface area contributed by atoms with E-state index in [0.717, 1.165) is 0 Å². The Labute approximate surface area is 97.3 Å². The summed E-state index contributed by atoms with van der Waals surface area (Å²) in [5.74, 6) is 0.560. The molecule has 1 heterocycles. The van der Waals surface area contributed by atoms with Crippen molar-refractivity contribution in [3.8, 4) is 17.7 Å². The first-order chi connectivity index (χ1) is 8.33. The highest BCUT2D eigenvalue weighted by Gasteiger charge is 2.06. The van der Waals surface area contributed by atoms with Crippen LogP contribution in [0.4, 0.5) is 5.69 Å². The van der Waals surface area contributed by atoms with Crippen molar-refractivity contribution in [3.05, 3.63) is 53.1 Å². The lowest BCUT2D eigenvalue weighted by atomic mass is 10.2. The lowest BCUT2D eigenvalue weighted by Crippen LogP contribution is -1.88. The number of nitrogens with zero attached hydrogens (tertiary/aromatic N) is 3. The SMILES string of the molecule is N#Cc1cccc(Oc2ncccc2N=O)c1. The molecule has 2 rings (SSSR count). The van der Waals surface area contributed by atoms with Crippen LogP contribution in [-0.2, 0) is 0 Å². The number of hydrogen-bond donors (Lipinski definition) is 0. The van der Waals surface area contributed by atoms with Gasteiger partial charge in [-0.25, -0.2) is 4.98 Å². The maximum atomic E-state index is 10.5. The second kappa shape index (κ2) is 4.86. The minimum atomic E-state index is 0.120. The molecule has 0 saturated carbocycles. The minimum Gasteiger partial charge on any atom is -0.437 e. The van der Waals surface area contributed by atoms with Gasteiger partial charge in [-0.1, -0.05) is 6.07 Å². The zero-order chi connectivity index (χ0) is 12.1. The summed E-state index contributed by atoms with van der Waals surface area (Å²) >= 11 is 0. The molecular formula is C12H7N3O2. The first kappa shape index (κ1) is 10.8. The quantitative estimate of drug-likeness (QED) is 0.752. The van der Waals surface area contributed by atoms with Gasteiger partial charge in [-0.3, -0.25) is 0 Å². The van der Waals surface area contributed by atoms with Gasteiger partial charge in [0.05, 0.1) is 11.6 Å². The fourth-order valence-electron chi connectivity index (χ4n) is 1.27. The largest absolute Gasteiger partial charge is 0.437 e. The molecule has 0 saturated heterocycles. The number of nitriles is 1. The predicted molar refractivity (Wildman–Crippen MR) is 60.9 cm³/mol. The maximum absolute atomic E-state index is 10.5. The van der Waals surface area contributed by atoms with Crippen molar-refractivity contribution in [2.24, 2.45) is 5.18 Å². The Morgan fingerprint density at radius 3 is 2.94 bits per heavy atom. The lowest BCUT2D eigenvalue weighted by Gasteiger charge is -2.05. The van der Waals surface area contributed by atoms with Gasteiger partial charge in [0.25, 0.3) is 0 Å². The summed E-state index contributed by atoms with van der Waals surface area (Å²) in [6.45, 7) is 0. The molecule has 0 aliphatic rings. The third kappa shape index (κ3) is 2.44. The van der Waals surface area contributed by atoms with Crippen LogP contribution in [0.15, 0.2) is 47.8 Å². The number of aromatic nitrogens is 1. The van der Waals surface area contributed by atoms with Crippen molar-refractivity contribution in [3.63, 3.8) is 0 Å². The van der Waals surface area contributed by atoms with Gasteiger partial charge in [-0.2, -0.15) is 5.26 Å². The number of nitroso groups, excluding NO2 is 1. The van der Waals surface area contributed by atoms with E-state index in [-0.39, 0.29) is 11.6 Å². The van der Waals surface area contributed by atoms with Gasteiger partial charge in [0.15, 0.2) is 5.69 Å². The van der Waals surface area contributed by atoms with Crippen LogP contribution in [0, 0.1) is 16.2 Å². The summed E-state index contributed by atoms with van der Waals surface area (Å²) < 4.78 is 5.39. The normalized spacial score (nSPS) is 9.35. The van der Waals surface area contributed by atoms with E-state index in [9.17, 15) is 4.91 Å². The van der Waals surface area contributed by atoms with Crippen LogP contribution in [0.3, 0.4) is 0 Å². The van der Waals surface area contributed by atoms with Gasteiger partial charge in [0.1, 0.15) is 5.75 Å². The molecule has 0 aliphatic heterocycles. The Morgan fingerprint density at radius 1 is 1.29 bits per heavy atom. The third-order valence-corrected chi connectivity index (χ3v) is 2.03. The van der Waals surface area contributed by atoms with Crippen LogP contribution in [0.1, 0.15) is 5.56 Å². The molecule has 0 aliphatic carbocycles. The van der Waals surface area contributed by atoms with Crippen LogP contribution in [0.5, 0.6) is 11.6 Å². The predicted octanol–water partition coefficient (Wildman–Crippen LogP) is 3.14. The molecule has 1 aromatic carbocycles. The summed E-state index contributed by atoms with van der Waals surface area (Å²) in [4.78, 5) is 14.4. The summed E-state index contributed by atoms with van der Waals surface area (Å²) in [7, 11) is 0. The molecule has 82 valence electrons. The van der Waals surface area contributed by atoms with E-state index in [1.807, 2.05) is 6.07 Å². The Bertz CT molecular complexity index is 590. The Morgan fingerprint density at radius 2 is 2.18 bits per heavy atom. The van der Waals surface area contributed by atoms with Crippen LogP contribution < -0.4 is 4.74 Å². The van der Waals surface area contributed by atoms with E-state index in [1.54, 1.807) is 30.3 Å². The second-order valence-electron chi connectivity index (χ2n) is 3.16. The zero-order valence-electron chi connectivity index (χ0n) is 8.70. The van der Waals surface area contributed by atoms with Crippen LogP contribution in [0.25, 0.3) is 0 Å². The maximum Gasteiger partial charge on any atom is 0.249 e. The van der Waals surface area contributed by atoms with Crippen molar-refractivity contribution >= 4 is 5.69 Å². The van der Waals surface area contributed by atoms with Crippen LogP contribution in [0.2, 0.25) is 0 Å². The average molecular weight is 225 g/mol. The smallest absolute Gasteiger partial charge is 0.249 e. The number of rotatable bonds is 3. The number of hydrogen-bond acceptors (Lipinski definition) is 5. The summed E-state index contributed by atoms with van der Waals surface area (Å²) in [5, 5.41) is 11.5. The Kier molecular flexibility index (Phi) is 3.08. The lowest BCUT2D eigenvalue weighted by molar-refractivity contribution is 0.464. The van der Waals surface area contributed by atoms with Gasteiger partial charge < -0.3 is 4.74 Å². The Balaban J connectivity index is 2.31. The minimum absolute atomic E-state index is 0.120. The highest BCUT2D eigenvalue weighted by molar-refractivity contribution is 5.48. The third-order valence-electron chi connectivity index (χ3n) is 2.03. The summed E-state index contributed by atoms with van der Waals surface area (Å²) in [6, 6.07) is 11.7. The van der Waals surface area contributed by atoms with E-state index < -0.39 is 0 Å². The van der Waals surface area contributed by atoms with Crippen molar-refractivity contribution in [2.75, 3.05) is 0 Å². The number of pyridine rings is 1. The molecule has 0 fully saturated rings. The van der Waals surface area contributed by atoms with E-state index in [4.69, 9.17) is 10.00 Å². The first-order valence-corrected chi connectivity index (χ1v) is 4.80. The van der Waals surface area contributed by atoms with Crippen LogP contribution in [-0.4, -0.2) is 4.98 Å². The average Bonchev–Trinajstić information content (AvgIpc) is 2.39. The van der Waals surface area contributed by atoms with E-state index >= 15 is 0 Å². The molecule has 0 atom stereocenters. The molecule has 5 nitrogen and oxygen atoms in total. The molecule has 0 spiro atoms. The standard InChI is InChI=1S/C12H7N3O2/c13-8-9-3-1-4-10(7-9)17-12-11(15-16)5-2-6-14-12/h1-7H. The fourth-order valence-corrected chi connectivity index (χ4v) is 1.27. The van der Waals surface area contributed by atoms with E-state index in [0.29, 0.717) is 11.3 Å². The molecule has 1 aromatic heterocycles. The molecule has 0 bridgehead atoms. The van der Waals surface area contributed by atoms with Gasteiger partial charge in [-0.05, 0) is 35.5 Å². The van der Waals surface area contributed by atoms with Gasteiger partial charge >= 0.3 is 0 Å². The molecule has 0 radical (unpaired) electrons. The number of benzene rings is 1.